The lowest BCUT2D eigenvalue weighted by atomic mass is 10.1. The molecule has 0 unspecified atom stereocenters. The largest absolute Gasteiger partial charge is 0.506 e. The Balaban J connectivity index is 1.85. The predicted octanol–water partition coefficient (Wildman–Crippen LogP) is 4.06. The molecule has 0 saturated heterocycles. The van der Waals surface area contributed by atoms with Crippen molar-refractivity contribution in [2.45, 2.75) is 6.42 Å². The van der Waals surface area contributed by atoms with Gasteiger partial charge in [0.15, 0.2) is 0 Å². The van der Waals surface area contributed by atoms with E-state index in [1.54, 1.807) is 6.07 Å². The van der Waals surface area contributed by atoms with Gasteiger partial charge < -0.3 is 15.7 Å². The summed E-state index contributed by atoms with van der Waals surface area (Å²) in [6.07, 6.45) is 0.620. The number of benzene rings is 2. The summed E-state index contributed by atoms with van der Waals surface area (Å²) in [5.41, 5.74) is 1.22. The van der Waals surface area contributed by atoms with E-state index in [1.807, 2.05) is 18.2 Å². The van der Waals surface area contributed by atoms with Crippen LogP contribution >= 0.6 is 23.2 Å². The highest BCUT2D eigenvalue weighted by molar-refractivity contribution is 6.31. The molecule has 0 aromatic heterocycles. The summed E-state index contributed by atoms with van der Waals surface area (Å²) in [7, 11) is 0. The molecule has 2 rings (SSSR count). The lowest BCUT2D eigenvalue weighted by Gasteiger charge is -2.10. The van der Waals surface area contributed by atoms with Crippen LogP contribution < -0.4 is 10.6 Å². The summed E-state index contributed by atoms with van der Waals surface area (Å²) < 4.78 is 0. The first kappa shape index (κ1) is 15.5. The van der Waals surface area contributed by atoms with Crippen molar-refractivity contribution >= 4 is 34.9 Å². The molecule has 0 aliphatic carbocycles. The van der Waals surface area contributed by atoms with Crippen LogP contribution in [0.4, 0.5) is 10.5 Å². The van der Waals surface area contributed by atoms with E-state index < -0.39 is 6.03 Å². The zero-order valence-electron chi connectivity index (χ0n) is 11.1. The molecule has 0 radical (unpaired) electrons. The molecule has 110 valence electrons. The smallest absolute Gasteiger partial charge is 0.319 e. The lowest BCUT2D eigenvalue weighted by molar-refractivity contribution is 0.252. The van der Waals surface area contributed by atoms with Crippen molar-refractivity contribution in [2.75, 3.05) is 11.9 Å². The summed E-state index contributed by atoms with van der Waals surface area (Å²) in [5, 5.41) is 15.9. The van der Waals surface area contributed by atoms with E-state index in [9.17, 15) is 9.90 Å². The number of carbonyl (C=O) groups is 1. The molecule has 6 heteroatoms. The molecular formula is C15H14Cl2N2O2. The van der Waals surface area contributed by atoms with Gasteiger partial charge in [-0.15, -0.1) is 0 Å². The predicted molar refractivity (Wildman–Crippen MR) is 85.3 cm³/mol. The standard InChI is InChI=1S/C15H14Cl2N2O2/c16-11-5-6-14(20)13(9-11)19-15(21)18-8-7-10-3-1-2-4-12(10)17/h1-6,9,20H,7-8H2,(H2,18,19,21). The van der Waals surface area contributed by atoms with Crippen LogP contribution in [0, 0.1) is 0 Å². The Morgan fingerprint density at radius 2 is 1.90 bits per heavy atom. The number of carbonyl (C=O) groups excluding carboxylic acids is 1. The molecule has 21 heavy (non-hydrogen) atoms. The Labute approximate surface area is 132 Å². The van der Waals surface area contributed by atoms with Crippen LogP contribution in [-0.2, 0) is 6.42 Å². The van der Waals surface area contributed by atoms with Crippen LogP contribution in [-0.4, -0.2) is 17.7 Å². The van der Waals surface area contributed by atoms with Crippen molar-refractivity contribution in [3.05, 3.63) is 58.1 Å². The van der Waals surface area contributed by atoms with Gasteiger partial charge in [-0.3, -0.25) is 0 Å². The third kappa shape index (κ3) is 4.55. The van der Waals surface area contributed by atoms with E-state index in [2.05, 4.69) is 10.6 Å². The highest BCUT2D eigenvalue weighted by Crippen LogP contribution is 2.26. The first-order valence-electron chi connectivity index (χ1n) is 6.33. The monoisotopic (exact) mass is 324 g/mol. The third-order valence-electron chi connectivity index (χ3n) is 2.84. The number of phenolic OH excluding ortho intramolecular Hbond substituents is 1. The van der Waals surface area contributed by atoms with Gasteiger partial charge in [-0.1, -0.05) is 41.4 Å². The van der Waals surface area contributed by atoms with Gasteiger partial charge in [0, 0.05) is 16.6 Å². The average Bonchev–Trinajstić information content (AvgIpc) is 2.45. The molecule has 0 aliphatic rings. The molecule has 2 amide bonds. The van der Waals surface area contributed by atoms with Crippen LogP contribution in [0.3, 0.4) is 0 Å². The molecule has 0 spiro atoms. The van der Waals surface area contributed by atoms with Crippen molar-refractivity contribution < 1.29 is 9.90 Å². The fraction of sp³-hybridized carbons (Fsp3) is 0.133. The van der Waals surface area contributed by atoms with E-state index in [4.69, 9.17) is 23.2 Å². The molecule has 0 fully saturated rings. The Morgan fingerprint density at radius 1 is 1.14 bits per heavy atom. The summed E-state index contributed by atoms with van der Waals surface area (Å²) in [4.78, 5) is 11.7. The van der Waals surface area contributed by atoms with Crippen LogP contribution in [0.1, 0.15) is 5.56 Å². The van der Waals surface area contributed by atoms with Crippen molar-refractivity contribution in [2.24, 2.45) is 0 Å². The zero-order chi connectivity index (χ0) is 15.2. The van der Waals surface area contributed by atoms with E-state index in [0.717, 1.165) is 5.56 Å². The minimum Gasteiger partial charge on any atom is -0.506 e. The number of anilines is 1. The molecule has 2 aromatic rings. The number of hydrogen-bond donors (Lipinski definition) is 3. The van der Waals surface area contributed by atoms with Gasteiger partial charge in [0.1, 0.15) is 5.75 Å². The Kier molecular flexibility index (Phi) is 5.31. The quantitative estimate of drug-likeness (QED) is 0.742. The van der Waals surface area contributed by atoms with Crippen molar-refractivity contribution in [1.82, 2.24) is 5.32 Å². The van der Waals surface area contributed by atoms with Crippen molar-refractivity contribution in [3.63, 3.8) is 0 Å². The number of hydrogen-bond acceptors (Lipinski definition) is 2. The number of nitrogens with one attached hydrogen (secondary N) is 2. The van der Waals surface area contributed by atoms with Gasteiger partial charge in [-0.25, -0.2) is 4.79 Å². The lowest BCUT2D eigenvalue weighted by Crippen LogP contribution is -2.30. The molecule has 0 bridgehead atoms. The van der Waals surface area contributed by atoms with Gasteiger partial charge in [0.05, 0.1) is 5.69 Å². The second-order valence-electron chi connectivity index (χ2n) is 4.38. The first-order chi connectivity index (χ1) is 10.1. The second-order valence-corrected chi connectivity index (χ2v) is 5.23. The van der Waals surface area contributed by atoms with Crippen LogP contribution in [0.25, 0.3) is 0 Å². The van der Waals surface area contributed by atoms with Crippen LogP contribution in [0.15, 0.2) is 42.5 Å². The van der Waals surface area contributed by atoms with Gasteiger partial charge in [-0.05, 0) is 36.2 Å². The molecule has 2 aromatic carbocycles. The molecule has 4 nitrogen and oxygen atoms in total. The normalized spacial score (nSPS) is 10.2. The maximum absolute atomic E-state index is 11.7. The molecule has 0 atom stereocenters. The zero-order valence-corrected chi connectivity index (χ0v) is 12.6. The maximum atomic E-state index is 11.7. The minimum absolute atomic E-state index is 0.0411. The van der Waals surface area contributed by atoms with Crippen LogP contribution in [0.2, 0.25) is 10.0 Å². The highest BCUT2D eigenvalue weighted by Gasteiger charge is 2.07. The average molecular weight is 325 g/mol. The number of aromatic hydroxyl groups is 1. The molecule has 3 N–H and O–H groups in total. The fourth-order valence-corrected chi connectivity index (χ4v) is 2.19. The van der Waals surface area contributed by atoms with E-state index in [0.29, 0.717) is 23.0 Å². The number of halogens is 2. The highest BCUT2D eigenvalue weighted by atomic mass is 35.5. The molecule has 0 saturated carbocycles. The summed E-state index contributed by atoms with van der Waals surface area (Å²) >= 11 is 11.8. The first-order valence-corrected chi connectivity index (χ1v) is 7.08. The molecular weight excluding hydrogens is 311 g/mol. The summed E-state index contributed by atoms with van der Waals surface area (Å²) in [5.74, 6) is -0.0411. The van der Waals surface area contributed by atoms with Gasteiger partial charge in [-0.2, -0.15) is 0 Å². The minimum atomic E-state index is -0.417. The fourth-order valence-electron chi connectivity index (χ4n) is 1.79. The van der Waals surface area contributed by atoms with E-state index in [-0.39, 0.29) is 11.4 Å². The number of phenols is 1. The van der Waals surface area contributed by atoms with Gasteiger partial charge in [0.2, 0.25) is 0 Å². The van der Waals surface area contributed by atoms with Crippen LogP contribution in [0.5, 0.6) is 5.75 Å². The second kappa shape index (κ2) is 7.20. The van der Waals surface area contributed by atoms with Gasteiger partial charge >= 0.3 is 6.03 Å². The maximum Gasteiger partial charge on any atom is 0.319 e. The summed E-state index contributed by atoms with van der Waals surface area (Å²) in [6, 6.07) is 11.5. The third-order valence-corrected chi connectivity index (χ3v) is 3.45. The molecule has 0 aliphatic heterocycles. The number of rotatable bonds is 4. The van der Waals surface area contributed by atoms with E-state index in [1.165, 1.54) is 18.2 Å². The SMILES string of the molecule is O=C(NCCc1ccccc1Cl)Nc1cc(Cl)ccc1O. The Morgan fingerprint density at radius 3 is 2.67 bits per heavy atom. The summed E-state index contributed by atoms with van der Waals surface area (Å²) in [6.45, 7) is 0.427. The molecule has 0 heterocycles. The Bertz CT molecular complexity index is 647. The number of amides is 2. The van der Waals surface area contributed by atoms with E-state index >= 15 is 0 Å². The Hall–Kier alpha value is -1.91. The van der Waals surface area contributed by atoms with Crippen molar-refractivity contribution in [1.29, 1.82) is 0 Å². The number of urea groups is 1. The van der Waals surface area contributed by atoms with Gasteiger partial charge in [0.25, 0.3) is 0 Å². The van der Waals surface area contributed by atoms with Crippen molar-refractivity contribution in [3.8, 4) is 5.75 Å². The topological polar surface area (TPSA) is 61.4 Å².